The lowest BCUT2D eigenvalue weighted by atomic mass is 9.97. The molecule has 0 aliphatic carbocycles. The SMILES string of the molecule is CCCCCCCCCCCC(=O)NCC(=O)N[C@@H]1[C@@H](O)[C@@H](O)[C@H](OC)O[C@H]1C. The van der Waals surface area contributed by atoms with Crippen molar-refractivity contribution in [1.82, 2.24) is 10.6 Å². The van der Waals surface area contributed by atoms with E-state index in [-0.39, 0.29) is 12.5 Å². The Morgan fingerprint density at radius 3 is 2.10 bits per heavy atom. The molecule has 1 heterocycles. The predicted molar refractivity (Wildman–Crippen MR) is 110 cm³/mol. The van der Waals surface area contributed by atoms with Crippen molar-refractivity contribution in [3.05, 3.63) is 0 Å². The van der Waals surface area contributed by atoms with Gasteiger partial charge in [0, 0.05) is 13.5 Å². The molecule has 4 N–H and O–H groups in total. The molecule has 0 spiro atoms. The van der Waals surface area contributed by atoms with E-state index in [0.717, 1.165) is 19.3 Å². The van der Waals surface area contributed by atoms with Crippen LogP contribution in [0.25, 0.3) is 0 Å². The van der Waals surface area contributed by atoms with E-state index in [0.29, 0.717) is 6.42 Å². The number of rotatable bonds is 14. The van der Waals surface area contributed by atoms with Gasteiger partial charge < -0.3 is 30.3 Å². The van der Waals surface area contributed by atoms with Gasteiger partial charge >= 0.3 is 0 Å². The maximum absolute atomic E-state index is 12.1. The highest BCUT2D eigenvalue weighted by atomic mass is 16.7. The van der Waals surface area contributed by atoms with Crippen LogP contribution in [0.15, 0.2) is 0 Å². The second-order valence-electron chi connectivity index (χ2n) is 7.87. The standard InChI is InChI=1S/C21H40N2O6/c1-4-5-6-7-8-9-10-11-12-13-16(24)22-14-17(25)23-18-15(2)29-21(28-3)20(27)19(18)26/h15,18-21,26-27H,4-14H2,1-3H3,(H,22,24)(H,23,25)/t15-,18-,19+,20+,21+/m0/s1. The van der Waals surface area contributed by atoms with Gasteiger partial charge in [-0.05, 0) is 13.3 Å². The quantitative estimate of drug-likeness (QED) is 0.320. The van der Waals surface area contributed by atoms with Crippen molar-refractivity contribution >= 4 is 11.8 Å². The summed E-state index contributed by atoms with van der Waals surface area (Å²) >= 11 is 0. The molecule has 5 atom stereocenters. The van der Waals surface area contributed by atoms with E-state index in [1.807, 2.05) is 0 Å². The summed E-state index contributed by atoms with van der Waals surface area (Å²) in [7, 11) is 1.37. The molecule has 0 aromatic rings. The van der Waals surface area contributed by atoms with Crippen molar-refractivity contribution < 1.29 is 29.3 Å². The lowest BCUT2D eigenvalue weighted by Gasteiger charge is -2.41. The first-order chi connectivity index (χ1) is 13.9. The van der Waals surface area contributed by atoms with Crippen LogP contribution in [0.2, 0.25) is 0 Å². The van der Waals surface area contributed by atoms with Crippen molar-refractivity contribution in [2.75, 3.05) is 13.7 Å². The Labute approximate surface area is 174 Å². The highest BCUT2D eigenvalue weighted by molar-refractivity contribution is 5.84. The Hall–Kier alpha value is -1.22. The summed E-state index contributed by atoms with van der Waals surface area (Å²) in [5.41, 5.74) is 0. The highest BCUT2D eigenvalue weighted by Crippen LogP contribution is 2.21. The van der Waals surface area contributed by atoms with Gasteiger partial charge in [-0.2, -0.15) is 0 Å². The zero-order chi connectivity index (χ0) is 21.6. The van der Waals surface area contributed by atoms with Crippen LogP contribution in [0.4, 0.5) is 0 Å². The van der Waals surface area contributed by atoms with E-state index >= 15 is 0 Å². The molecule has 1 fully saturated rings. The number of aliphatic hydroxyl groups is 2. The van der Waals surface area contributed by atoms with Gasteiger partial charge in [0.25, 0.3) is 0 Å². The molecule has 0 bridgehead atoms. The second-order valence-corrected chi connectivity index (χ2v) is 7.87. The van der Waals surface area contributed by atoms with Crippen molar-refractivity contribution in [2.45, 2.75) is 109 Å². The van der Waals surface area contributed by atoms with Crippen molar-refractivity contribution in [2.24, 2.45) is 0 Å². The number of carbonyl (C=O) groups is 2. The molecule has 170 valence electrons. The zero-order valence-electron chi connectivity index (χ0n) is 18.2. The average Bonchev–Trinajstić information content (AvgIpc) is 2.71. The molecule has 8 heteroatoms. The molecule has 0 aromatic heterocycles. The number of carbonyl (C=O) groups excluding carboxylic acids is 2. The molecule has 2 amide bonds. The monoisotopic (exact) mass is 416 g/mol. The third kappa shape index (κ3) is 9.89. The molecule has 0 radical (unpaired) electrons. The Morgan fingerprint density at radius 1 is 0.931 bits per heavy atom. The summed E-state index contributed by atoms with van der Waals surface area (Å²) in [5, 5.41) is 25.3. The smallest absolute Gasteiger partial charge is 0.239 e. The highest BCUT2D eigenvalue weighted by Gasteiger charge is 2.43. The van der Waals surface area contributed by atoms with Crippen LogP contribution < -0.4 is 10.6 Å². The van der Waals surface area contributed by atoms with Gasteiger partial charge in [-0.15, -0.1) is 0 Å². The molecule has 1 aliphatic rings. The van der Waals surface area contributed by atoms with Gasteiger partial charge in [0.15, 0.2) is 6.29 Å². The molecule has 1 saturated heterocycles. The molecular weight excluding hydrogens is 376 g/mol. The van der Waals surface area contributed by atoms with Gasteiger partial charge in [-0.3, -0.25) is 9.59 Å². The van der Waals surface area contributed by atoms with Gasteiger partial charge in [-0.1, -0.05) is 58.3 Å². The first kappa shape index (κ1) is 25.8. The molecule has 29 heavy (non-hydrogen) atoms. The van der Waals surface area contributed by atoms with E-state index in [1.54, 1.807) is 6.92 Å². The maximum Gasteiger partial charge on any atom is 0.239 e. The molecule has 1 rings (SSSR count). The van der Waals surface area contributed by atoms with E-state index in [2.05, 4.69) is 17.6 Å². The summed E-state index contributed by atoms with van der Waals surface area (Å²) in [6.07, 6.45) is 7.10. The Bertz CT molecular complexity index is 476. The van der Waals surface area contributed by atoms with Crippen molar-refractivity contribution in [3.8, 4) is 0 Å². The fourth-order valence-corrected chi connectivity index (χ4v) is 3.53. The minimum Gasteiger partial charge on any atom is -0.388 e. The number of nitrogens with one attached hydrogen (secondary N) is 2. The summed E-state index contributed by atoms with van der Waals surface area (Å²) in [6.45, 7) is 3.72. The summed E-state index contributed by atoms with van der Waals surface area (Å²) in [6, 6.07) is -0.780. The molecule has 1 aliphatic heterocycles. The molecule has 8 nitrogen and oxygen atoms in total. The summed E-state index contributed by atoms with van der Waals surface area (Å²) in [5.74, 6) is -0.593. The number of hydrogen-bond acceptors (Lipinski definition) is 6. The normalized spacial score (nSPS) is 26.9. The number of aliphatic hydroxyl groups excluding tert-OH is 2. The molecule has 0 saturated carbocycles. The number of unbranched alkanes of at least 4 members (excludes halogenated alkanes) is 8. The molecule has 0 aromatic carbocycles. The maximum atomic E-state index is 12.1. The van der Waals surface area contributed by atoms with Gasteiger partial charge in [-0.25, -0.2) is 0 Å². The number of methoxy groups -OCH3 is 1. The summed E-state index contributed by atoms with van der Waals surface area (Å²) in [4.78, 5) is 24.0. The second kappa shape index (κ2) is 14.7. The van der Waals surface area contributed by atoms with Gasteiger partial charge in [0.1, 0.15) is 12.2 Å². The fourth-order valence-electron chi connectivity index (χ4n) is 3.53. The topological polar surface area (TPSA) is 117 Å². The lowest BCUT2D eigenvalue weighted by molar-refractivity contribution is -0.263. The first-order valence-electron chi connectivity index (χ1n) is 11.0. The fraction of sp³-hybridized carbons (Fsp3) is 0.905. The van der Waals surface area contributed by atoms with E-state index in [1.165, 1.54) is 45.6 Å². The van der Waals surface area contributed by atoms with Crippen LogP contribution in [0.5, 0.6) is 0 Å². The summed E-state index contributed by atoms with van der Waals surface area (Å²) < 4.78 is 10.4. The van der Waals surface area contributed by atoms with E-state index < -0.39 is 36.6 Å². The Kier molecular flexibility index (Phi) is 13.1. The van der Waals surface area contributed by atoms with Crippen LogP contribution in [-0.4, -0.2) is 66.3 Å². The number of ether oxygens (including phenoxy) is 2. The zero-order valence-corrected chi connectivity index (χ0v) is 18.2. The van der Waals surface area contributed by atoms with E-state index in [4.69, 9.17) is 9.47 Å². The van der Waals surface area contributed by atoms with E-state index in [9.17, 15) is 19.8 Å². The number of amides is 2. The Morgan fingerprint density at radius 2 is 1.52 bits per heavy atom. The molecular formula is C21H40N2O6. The van der Waals surface area contributed by atoms with Gasteiger partial charge in [0.2, 0.25) is 11.8 Å². The third-order valence-electron chi connectivity index (χ3n) is 5.36. The average molecular weight is 417 g/mol. The van der Waals surface area contributed by atoms with Crippen molar-refractivity contribution in [1.29, 1.82) is 0 Å². The van der Waals surface area contributed by atoms with Crippen LogP contribution in [0.1, 0.15) is 78.1 Å². The Balaban J connectivity index is 2.14. The van der Waals surface area contributed by atoms with Gasteiger partial charge in [0.05, 0.1) is 18.7 Å². The predicted octanol–water partition coefficient (Wildman–Crippen LogP) is 1.62. The largest absolute Gasteiger partial charge is 0.388 e. The number of hydrogen-bond donors (Lipinski definition) is 4. The van der Waals surface area contributed by atoms with Crippen LogP contribution >= 0.6 is 0 Å². The lowest BCUT2D eigenvalue weighted by Crippen LogP contribution is -2.63. The van der Waals surface area contributed by atoms with Crippen LogP contribution in [-0.2, 0) is 19.1 Å². The minimum absolute atomic E-state index is 0.156. The molecule has 0 unspecified atom stereocenters. The van der Waals surface area contributed by atoms with Crippen LogP contribution in [0.3, 0.4) is 0 Å². The van der Waals surface area contributed by atoms with Crippen molar-refractivity contribution in [3.63, 3.8) is 0 Å². The minimum atomic E-state index is -1.26. The van der Waals surface area contributed by atoms with Crippen LogP contribution in [0, 0.1) is 0 Å². The first-order valence-corrected chi connectivity index (χ1v) is 11.0. The third-order valence-corrected chi connectivity index (χ3v) is 5.36.